The number of nitrogens with one attached hydrogen (secondary N) is 2. The number of carbonyl (C=O) groups excluding carboxylic acids is 1. The summed E-state index contributed by atoms with van der Waals surface area (Å²) >= 11 is 0. The van der Waals surface area contributed by atoms with Crippen LogP contribution in [0.3, 0.4) is 0 Å². The summed E-state index contributed by atoms with van der Waals surface area (Å²) in [5.74, 6) is 2.03. The molecule has 0 unspecified atom stereocenters. The SMILES string of the molecule is CCOc1ccc(/C=C/C(=O)NCCc2nc3ccccc3[nH]2)cc1OC. The fraction of sp³-hybridized carbons (Fsp3) is 0.238. The predicted molar refractivity (Wildman–Crippen MR) is 106 cm³/mol. The molecule has 1 aromatic heterocycles. The molecule has 0 saturated heterocycles. The number of methoxy groups -OCH3 is 1. The summed E-state index contributed by atoms with van der Waals surface area (Å²) in [5, 5.41) is 2.86. The normalized spacial score (nSPS) is 11.0. The molecule has 1 amide bonds. The molecule has 2 N–H and O–H groups in total. The number of aromatic amines is 1. The Kier molecular flexibility index (Phi) is 6.10. The summed E-state index contributed by atoms with van der Waals surface area (Å²) < 4.78 is 10.8. The summed E-state index contributed by atoms with van der Waals surface area (Å²) in [5.41, 5.74) is 2.80. The van der Waals surface area contributed by atoms with E-state index in [1.165, 1.54) is 6.08 Å². The van der Waals surface area contributed by atoms with Crippen molar-refractivity contribution in [2.24, 2.45) is 0 Å². The Morgan fingerprint density at radius 3 is 2.85 bits per heavy atom. The van der Waals surface area contributed by atoms with Gasteiger partial charge in [0.25, 0.3) is 0 Å². The topological polar surface area (TPSA) is 76.2 Å². The molecule has 0 spiro atoms. The molecule has 0 bridgehead atoms. The van der Waals surface area contributed by atoms with E-state index in [1.54, 1.807) is 13.2 Å². The third-order valence-corrected chi connectivity index (χ3v) is 4.01. The largest absolute Gasteiger partial charge is 0.493 e. The number of hydrogen-bond donors (Lipinski definition) is 2. The number of aromatic nitrogens is 2. The van der Waals surface area contributed by atoms with Crippen LogP contribution in [0.15, 0.2) is 48.5 Å². The molecule has 6 heteroatoms. The lowest BCUT2D eigenvalue weighted by Crippen LogP contribution is -2.23. The molecule has 6 nitrogen and oxygen atoms in total. The monoisotopic (exact) mass is 365 g/mol. The van der Waals surface area contributed by atoms with Crippen molar-refractivity contribution in [1.29, 1.82) is 0 Å². The van der Waals surface area contributed by atoms with Crippen molar-refractivity contribution >= 4 is 23.0 Å². The minimum Gasteiger partial charge on any atom is -0.493 e. The predicted octanol–water partition coefficient (Wildman–Crippen LogP) is 3.34. The van der Waals surface area contributed by atoms with Gasteiger partial charge in [-0.25, -0.2) is 4.98 Å². The van der Waals surface area contributed by atoms with Crippen molar-refractivity contribution in [2.45, 2.75) is 13.3 Å². The van der Waals surface area contributed by atoms with E-state index in [2.05, 4.69) is 15.3 Å². The summed E-state index contributed by atoms with van der Waals surface area (Å²) in [7, 11) is 1.59. The first-order chi connectivity index (χ1) is 13.2. The Morgan fingerprint density at radius 1 is 1.22 bits per heavy atom. The minimum absolute atomic E-state index is 0.154. The maximum absolute atomic E-state index is 12.0. The van der Waals surface area contributed by atoms with Gasteiger partial charge in [0.15, 0.2) is 11.5 Å². The average molecular weight is 365 g/mol. The molecular formula is C21H23N3O3. The first-order valence-electron chi connectivity index (χ1n) is 8.90. The third kappa shape index (κ3) is 4.88. The first-order valence-corrected chi connectivity index (χ1v) is 8.90. The molecule has 0 radical (unpaired) electrons. The number of fused-ring (bicyclic) bond motifs is 1. The van der Waals surface area contributed by atoms with Gasteiger partial charge in [-0.1, -0.05) is 18.2 Å². The van der Waals surface area contributed by atoms with E-state index in [9.17, 15) is 4.79 Å². The highest BCUT2D eigenvalue weighted by atomic mass is 16.5. The van der Waals surface area contributed by atoms with Crippen molar-refractivity contribution in [1.82, 2.24) is 15.3 Å². The Bertz CT molecular complexity index is 914. The summed E-state index contributed by atoms with van der Waals surface area (Å²) in [4.78, 5) is 19.8. The number of benzene rings is 2. The van der Waals surface area contributed by atoms with Crippen molar-refractivity contribution in [3.63, 3.8) is 0 Å². The Labute approximate surface area is 158 Å². The van der Waals surface area contributed by atoms with Gasteiger partial charge in [-0.2, -0.15) is 0 Å². The number of hydrogen-bond acceptors (Lipinski definition) is 4. The van der Waals surface area contributed by atoms with Gasteiger partial charge in [0, 0.05) is 19.0 Å². The van der Waals surface area contributed by atoms with Crippen molar-refractivity contribution in [2.75, 3.05) is 20.3 Å². The van der Waals surface area contributed by atoms with E-state index < -0.39 is 0 Å². The molecule has 2 aromatic carbocycles. The van der Waals surface area contributed by atoms with Crippen LogP contribution in [0, 0.1) is 0 Å². The molecule has 0 aliphatic heterocycles. The third-order valence-electron chi connectivity index (χ3n) is 4.01. The maximum Gasteiger partial charge on any atom is 0.244 e. The zero-order valence-electron chi connectivity index (χ0n) is 15.5. The fourth-order valence-corrected chi connectivity index (χ4v) is 2.72. The zero-order valence-corrected chi connectivity index (χ0v) is 15.5. The number of amides is 1. The minimum atomic E-state index is -0.154. The van der Waals surface area contributed by atoms with Crippen LogP contribution < -0.4 is 14.8 Å². The smallest absolute Gasteiger partial charge is 0.244 e. The van der Waals surface area contributed by atoms with Crippen LogP contribution in [-0.4, -0.2) is 36.1 Å². The van der Waals surface area contributed by atoms with Gasteiger partial charge in [-0.3, -0.25) is 4.79 Å². The maximum atomic E-state index is 12.0. The number of rotatable bonds is 8. The van der Waals surface area contributed by atoms with E-state index in [1.807, 2.05) is 49.4 Å². The van der Waals surface area contributed by atoms with Crippen molar-refractivity contribution in [3.05, 3.63) is 59.9 Å². The quantitative estimate of drug-likeness (QED) is 0.600. The number of nitrogens with zero attached hydrogens (tertiary/aromatic N) is 1. The summed E-state index contributed by atoms with van der Waals surface area (Å²) in [6.07, 6.45) is 3.90. The van der Waals surface area contributed by atoms with Crippen LogP contribution in [0.5, 0.6) is 11.5 Å². The zero-order chi connectivity index (χ0) is 19.1. The van der Waals surface area contributed by atoms with E-state index in [-0.39, 0.29) is 5.91 Å². The van der Waals surface area contributed by atoms with Gasteiger partial charge < -0.3 is 19.8 Å². The standard InChI is InChI=1S/C21H23N3O3/c1-3-27-18-10-8-15(14-19(18)26-2)9-11-21(25)22-13-12-20-23-16-6-4-5-7-17(16)24-20/h4-11,14H,3,12-13H2,1-2H3,(H,22,25)(H,23,24)/b11-9+. The number of imidazole rings is 1. The van der Waals surface area contributed by atoms with Crippen LogP contribution in [0.2, 0.25) is 0 Å². The van der Waals surface area contributed by atoms with Gasteiger partial charge >= 0.3 is 0 Å². The summed E-state index contributed by atoms with van der Waals surface area (Å²) in [6.45, 7) is 3.00. The molecule has 0 aliphatic carbocycles. The summed E-state index contributed by atoms with van der Waals surface area (Å²) in [6, 6.07) is 13.4. The Balaban J connectivity index is 1.52. The van der Waals surface area contributed by atoms with Gasteiger partial charge in [0.2, 0.25) is 5.91 Å². The average Bonchev–Trinajstić information content (AvgIpc) is 3.10. The number of para-hydroxylation sites is 2. The Morgan fingerprint density at radius 2 is 2.07 bits per heavy atom. The van der Waals surface area contributed by atoms with Gasteiger partial charge in [0.1, 0.15) is 5.82 Å². The highest BCUT2D eigenvalue weighted by Crippen LogP contribution is 2.28. The van der Waals surface area contributed by atoms with Crippen LogP contribution >= 0.6 is 0 Å². The van der Waals surface area contributed by atoms with Crippen LogP contribution in [0.1, 0.15) is 18.3 Å². The van der Waals surface area contributed by atoms with Gasteiger partial charge in [-0.05, 0) is 42.8 Å². The van der Waals surface area contributed by atoms with Crippen molar-refractivity contribution in [3.8, 4) is 11.5 Å². The molecule has 3 aromatic rings. The molecular weight excluding hydrogens is 342 g/mol. The van der Waals surface area contributed by atoms with Gasteiger partial charge in [0.05, 0.1) is 24.8 Å². The molecule has 27 heavy (non-hydrogen) atoms. The first kappa shape index (κ1) is 18.5. The van der Waals surface area contributed by atoms with E-state index >= 15 is 0 Å². The molecule has 140 valence electrons. The lowest BCUT2D eigenvalue weighted by atomic mass is 10.2. The second-order valence-corrected chi connectivity index (χ2v) is 5.92. The Hall–Kier alpha value is -3.28. The van der Waals surface area contributed by atoms with E-state index in [0.29, 0.717) is 31.1 Å². The molecule has 3 rings (SSSR count). The fourth-order valence-electron chi connectivity index (χ4n) is 2.72. The second-order valence-electron chi connectivity index (χ2n) is 5.92. The highest BCUT2D eigenvalue weighted by molar-refractivity contribution is 5.91. The number of carbonyl (C=O) groups is 1. The van der Waals surface area contributed by atoms with Crippen molar-refractivity contribution < 1.29 is 14.3 Å². The lowest BCUT2D eigenvalue weighted by molar-refractivity contribution is -0.116. The molecule has 0 saturated carbocycles. The number of ether oxygens (including phenoxy) is 2. The second kappa shape index (κ2) is 8.89. The molecule has 1 heterocycles. The van der Waals surface area contributed by atoms with Crippen LogP contribution in [0.25, 0.3) is 17.1 Å². The van der Waals surface area contributed by atoms with Crippen LogP contribution in [0.4, 0.5) is 0 Å². The van der Waals surface area contributed by atoms with Crippen LogP contribution in [-0.2, 0) is 11.2 Å². The number of H-pyrrole nitrogens is 1. The molecule has 0 fully saturated rings. The van der Waals surface area contributed by atoms with Gasteiger partial charge in [-0.15, -0.1) is 0 Å². The molecule has 0 aliphatic rings. The lowest BCUT2D eigenvalue weighted by Gasteiger charge is -2.09. The highest BCUT2D eigenvalue weighted by Gasteiger charge is 2.05. The van der Waals surface area contributed by atoms with E-state index in [0.717, 1.165) is 22.4 Å². The van der Waals surface area contributed by atoms with E-state index in [4.69, 9.17) is 9.47 Å². The molecule has 0 atom stereocenters.